The van der Waals surface area contributed by atoms with E-state index in [9.17, 15) is 0 Å². The molecule has 1 aromatic heterocycles. The van der Waals surface area contributed by atoms with Crippen molar-refractivity contribution in [2.75, 3.05) is 0 Å². The monoisotopic (exact) mass is 277 g/mol. The van der Waals surface area contributed by atoms with Crippen molar-refractivity contribution in [1.29, 1.82) is 0 Å². The number of aliphatic imine (C=N–C) groups is 2. The number of nitrogens with zero attached hydrogens (tertiary/aromatic N) is 6. The molecule has 11 heteroatoms. The second-order valence-electron chi connectivity index (χ2n) is 3.54. The Bertz CT molecular complexity index is 645. The summed E-state index contributed by atoms with van der Waals surface area (Å²) in [5.74, 6) is -0.251. The minimum absolute atomic E-state index is 0.120. The maximum Gasteiger partial charge on any atom is 0.223 e. The third kappa shape index (κ3) is 3.17. The van der Waals surface area contributed by atoms with Crippen LogP contribution in [0.25, 0.3) is 5.69 Å². The van der Waals surface area contributed by atoms with Crippen LogP contribution in [0.5, 0.6) is 5.75 Å². The van der Waals surface area contributed by atoms with Gasteiger partial charge in [0.15, 0.2) is 11.7 Å². The summed E-state index contributed by atoms with van der Waals surface area (Å²) in [6.07, 6.45) is 1.36. The molecule has 0 unspecified atom stereocenters. The summed E-state index contributed by atoms with van der Waals surface area (Å²) in [4.78, 5) is 11.7. The van der Waals surface area contributed by atoms with Gasteiger partial charge in [-0.25, -0.2) is 14.9 Å². The van der Waals surface area contributed by atoms with E-state index in [1.54, 1.807) is 6.07 Å². The quantitative estimate of drug-likeness (QED) is 0.232. The van der Waals surface area contributed by atoms with E-state index in [1.165, 1.54) is 23.1 Å². The largest absolute Gasteiger partial charge is 0.370 e. The molecule has 20 heavy (non-hydrogen) atoms. The lowest BCUT2D eigenvalue weighted by molar-refractivity contribution is -0.137. The van der Waals surface area contributed by atoms with E-state index in [4.69, 9.17) is 22.5 Å². The highest BCUT2D eigenvalue weighted by Crippen LogP contribution is 2.24. The lowest BCUT2D eigenvalue weighted by Crippen LogP contribution is -2.26. The van der Waals surface area contributed by atoms with Crippen LogP contribution in [0.15, 0.2) is 34.5 Å². The van der Waals surface area contributed by atoms with Gasteiger partial charge in [-0.3, -0.25) is 0 Å². The van der Waals surface area contributed by atoms with Gasteiger partial charge in [0.1, 0.15) is 6.33 Å². The van der Waals surface area contributed by atoms with Gasteiger partial charge >= 0.3 is 0 Å². The fourth-order valence-corrected chi connectivity index (χ4v) is 1.39. The average molecular weight is 277 g/mol. The normalized spacial score (nSPS) is 11.2. The lowest BCUT2D eigenvalue weighted by atomic mass is 10.2. The number of hydrogen-bond donors (Lipinski definition) is 4. The van der Waals surface area contributed by atoms with Crippen LogP contribution in [0.3, 0.4) is 0 Å². The number of aromatic nitrogens is 4. The molecule has 2 rings (SSSR count). The molecule has 0 saturated carbocycles. The first-order valence-corrected chi connectivity index (χ1v) is 5.22. The summed E-state index contributed by atoms with van der Waals surface area (Å²) in [6, 6.07) is 4.50. The van der Waals surface area contributed by atoms with Crippen LogP contribution in [0.4, 0.5) is 5.69 Å². The van der Waals surface area contributed by atoms with Crippen molar-refractivity contribution in [2.45, 2.75) is 0 Å². The van der Waals surface area contributed by atoms with Gasteiger partial charge in [0, 0.05) is 12.1 Å². The van der Waals surface area contributed by atoms with Gasteiger partial charge in [-0.15, -0.1) is 5.10 Å². The van der Waals surface area contributed by atoms with Crippen molar-refractivity contribution < 1.29 is 10.1 Å². The molecular weight excluding hydrogens is 266 g/mol. The number of tetrazole rings is 1. The molecular formula is C9H11N9O2. The molecule has 7 N–H and O–H groups in total. The van der Waals surface area contributed by atoms with Gasteiger partial charge in [-0.2, -0.15) is 4.99 Å². The lowest BCUT2D eigenvalue weighted by Gasteiger charge is -2.04. The second kappa shape index (κ2) is 5.62. The van der Waals surface area contributed by atoms with E-state index in [1.807, 2.05) is 0 Å². The summed E-state index contributed by atoms with van der Waals surface area (Å²) < 4.78 is 1.35. The van der Waals surface area contributed by atoms with Crippen LogP contribution < -0.4 is 22.1 Å². The predicted octanol–water partition coefficient (Wildman–Crippen LogP) is -1.27. The fraction of sp³-hybridized carbons (Fsp3) is 0. The Morgan fingerprint density at radius 2 is 2.05 bits per heavy atom. The number of rotatable bonds is 3. The van der Waals surface area contributed by atoms with Gasteiger partial charge in [-0.1, -0.05) is 0 Å². The zero-order chi connectivity index (χ0) is 14.5. The minimum Gasteiger partial charge on any atom is -0.370 e. The van der Waals surface area contributed by atoms with E-state index in [2.05, 4.69) is 30.4 Å². The first-order chi connectivity index (χ1) is 9.58. The number of hydrogen-bond acceptors (Lipinski definition) is 6. The number of benzene rings is 1. The van der Waals surface area contributed by atoms with Crippen LogP contribution in [-0.4, -0.2) is 37.4 Å². The van der Waals surface area contributed by atoms with Crippen LogP contribution in [0, 0.1) is 0 Å². The predicted molar refractivity (Wildman–Crippen MR) is 69.5 cm³/mol. The molecule has 0 atom stereocenters. The van der Waals surface area contributed by atoms with Gasteiger partial charge < -0.3 is 22.1 Å². The zero-order valence-electron chi connectivity index (χ0n) is 10.1. The Kier molecular flexibility index (Phi) is 3.72. The molecule has 0 bridgehead atoms. The average Bonchev–Trinajstić information content (AvgIpc) is 2.91. The Morgan fingerprint density at radius 1 is 1.25 bits per heavy atom. The summed E-state index contributed by atoms with van der Waals surface area (Å²) in [6.45, 7) is 0. The Morgan fingerprint density at radius 3 is 2.65 bits per heavy atom. The molecule has 0 aliphatic carbocycles. The summed E-state index contributed by atoms with van der Waals surface area (Å²) in [7, 11) is 0. The second-order valence-corrected chi connectivity index (χ2v) is 3.54. The SMILES string of the molecule is NC(N)=NC(N)=Nc1cc(OO)cc(-n2cnnn2)c1. The molecule has 104 valence electrons. The van der Waals surface area contributed by atoms with Gasteiger partial charge in [0.05, 0.1) is 11.4 Å². The highest BCUT2D eigenvalue weighted by Gasteiger charge is 2.05. The smallest absolute Gasteiger partial charge is 0.223 e. The van der Waals surface area contributed by atoms with Crippen molar-refractivity contribution in [3.05, 3.63) is 24.5 Å². The van der Waals surface area contributed by atoms with E-state index >= 15 is 0 Å². The molecule has 0 aliphatic rings. The van der Waals surface area contributed by atoms with Crippen molar-refractivity contribution in [2.24, 2.45) is 27.2 Å². The number of nitrogens with two attached hydrogens (primary N) is 3. The fourth-order valence-electron chi connectivity index (χ4n) is 1.39. The highest BCUT2D eigenvalue weighted by atomic mass is 17.1. The van der Waals surface area contributed by atoms with Gasteiger partial charge in [0.25, 0.3) is 0 Å². The van der Waals surface area contributed by atoms with Crippen LogP contribution in [0.2, 0.25) is 0 Å². The number of guanidine groups is 2. The molecule has 0 aliphatic heterocycles. The molecule has 11 nitrogen and oxygen atoms in total. The maximum atomic E-state index is 8.76. The van der Waals surface area contributed by atoms with Gasteiger partial charge in [0.2, 0.25) is 5.96 Å². The summed E-state index contributed by atoms with van der Waals surface area (Å²) in [5, 5.41) is 19.5. The molecule has 0 radical (unpaired) electrons. The Balaban J connectivity index is 2.44. The third-order valence-electron chi connectivity index (χ3n) is 2.08. The first kappa shape index (κ1) is 13.2. The molecule has 1 aromatic carbocycles. The van der Waals surface area contributed by atoms with E-state index in [0.29, 0.717) is 11.4 Å². The highest BCUT2D eigenvalue weighted by molar-refractivity contribution is 5.93. The standard InChI is InChI=1S/C9H11N9O2/c10-8(11)15-9(12)14-5-1-6(3-7(2-5)20-19)18-4-13-16-17-18/h1-4,19H,(H6,10,11,12,14,15). The minimum atomic E-state index is -0.221. The van der Waals surface area contributed by atoms with Gasteiger partial charge in [-0.05, 0) is 16.5 Å². The van der Waals surface area contributed by atoms with Crippen molar-refractivity contribution in [3.63, 3.8) is 0 Å². The first-order valence-electron chi connectivity index (χ1n) is 5.22. The summed E-state index contributed by atoms with van der Waals surface area (Å²) in [5.41, 5.74) is 16.7. The molecule has 2 aromatic rings. The van der Waals surface area contributed by atoms with Crippen LogP contribution in [-0.2, 0) is 0 Å². The molecule has 0 fully saturated rings. The third-order valence-corrected chi connectivity index (χ3v) is 2.08. The topological polar surface area (TPSA) is 176 Å². The molecule has 0 amide bonds. The molecule has 0 saturated heterocycles. The summed E-state index contributed by atoms with van der Waals surface area (Å²) >= 11 is 0. The molecule has 0 spiro atoms. The van der Waals surface area contributed by atoms with Crippen molar-refractivity contribution in [3.8, 4) is 11.4 Å². The Hall–Kier alpha value is -3.21. The van der Waals surface area contributed by atoms with Crippen molar-refractivity contribution >= 4 is 17.6 Å². The van der Waals surface area contributed by atoms with Crippen LogP contribution >= 0.6 is 0 Å². The Labute approximate surface area is 112 Å². The van der Waals surface area contributed by atoms with E-state index < -0.39 is 0 Å². The zero-order valence-corrected chi connectivity index (χ0v) is 10.1. The molecule has 1 heterocycles. The van der Waals surface area contributed by atoms with E-state index in [0.717, 1.165) is 0 Å². The maximum absolute atomic E-state index is 8.76. The van der Waals surface area contributed by atoms with Crippen LogP contribution in [0.1, 0.15) is 0 Å². The van der Waals surface area contributed by atoms with Crippen molar-refractivity contribution in [1.82, 2.24) is 20.2 Å². The van der Waals surface area contributed by atoms with E-state index in [-0.39, 0.29) is 17.7 Å².